The molecule has 0 fully saturated rings. The molecule has 0 aliphatic carbocycles. The third kappa shape index (κ3) is 2.48. The van der Waals surface area contributed by atoms with Crippen molar-refractivity contribution in [2.75, 3.05) is 6.61 Å². The number of nitriles is 1. The van der Waals surface area contributed by atoms with E-state index in [1.165, 1.54) is 0 Å². The summed E-state index contributed by atoms with van der Waals surface area (Å²) in [6.07, 6.45) is 4.10. The maximum Gasteiger partial charge on any atom is 0.128 e. The van der Waals surface area contributed by atoms with E-state index in [1.807, 2.05) is 48.5 Å². The summed E-state index contributed by atoms with van der Waals surface area (Å²) >= 11 is 0. The minimum Gasteiger partial charge on any atom is -0.489 e. The van der Waals surface area contributed by atoms with Crippen LogP contribution in [0.15, 0.2) is 66.4 Å². The molecule has 2 nitrogen and oxygen atoms in total. The van der Waals surface area contributed by atoms with Crippen molar-refractivity contribution in [3.63, 3.8) is 0 Å². The maximum atomic E-state index is 8.80. The van der Waals surface area contributed by atoms with Crippen LogP contribution in [0.2, 0.25) is 0 Å². The molecule has 96 valence electrons. The minimum absolute atomic E-state index is 0.604. The Morgan fingerprint density at radius 1 is 1.00 bits per heavy atom. The lowest BCUT2D eigenvalue weighted by molar-refractivity contribution is 0.284. The number of nitrogens with zero attached hydrogens (tertiary/aromatic N) is 1. The molecule has 0 aromatic heterocycles. The average Bonchev–Trinajstić information content (AvgIpc) is 2.97. The molecule has 0 amide bonds. The first-order valence-corrected chi connectivity index (χ1v) is 6.47. The predicted molar refractivity (Wildman–Crippen MR) is 79.5 cm³/mol. The lowest BCUT2D eigenvalue weighted by atomic mass is 10.0. The molecule has 1 aliphatic heterocycles. The first-order chi connectivity index (χ1) is 9.86. The molecule has 0 saturated heterocycles. The molecule has 0 unspecified atom stereocenters. The molecule has 0 spiro atoms. The van der Waals surface area contributed by atoms with Gasteiger partial charge in [0.1, 0.15) is 12.4 Å². The van der Waals surface area contributed by atoms with E-state index in [4.69, 9.17) is 10.00 Å². The van der Waals surface area contributed by atoms with Crippen LogP contribution in [0.3, 0.4) is 0 Å². The van der Waals surface area contributed by atoms with E-state index in [0.29, 0.717) is 12.2 Å². The molecule has 1 heterocycles. The fraction of sp³-hybridized carbons (Fsp3) is 0.0556. The zero-order valence-electron chi connectivity index (χ0n) is 10.9. The van der Waals surface area contributed by atoms with Gasteiger partial charge in [-0.15, -0.1) is 0 Å². The van der Waals surface area contributed by atoms with Crippen molar-refractivity contribution in [1.29, 1.82) is 5.26 Å². The van der Waals surface area contributed by atoms with E-state index in [9.17, 15) is 0 Å². The molecule has 1 aliphatic rings. The van der Waals surface area contributed by atoms with Crippen molar-refractivity contribution in [2.24, 2.45) is 0 Å². The van der Waals surface area contributed by atoms with Gasteiger partial charge in [-0.25, -0.2) is 0 Å². The molecule has 2 heteroatoms. The van der Waals surface area contributed by atoms with Gasteiger partial charge in [-0.05, 0) is 35.4 Å². The molecular formula is C18H13NO. The average molecular weight is 259 g/mol. The summed E-state index contributed by atoms with van der Waals surface area (Å²) < 4.78 is 5.68. The van der Waals surface area contributed by atoms with Crippen molar-refractivity contribution >= 4 is 11.6 Å². The molecule has 0 saturated carbocycles. The van der Waals surface area contributed by atoms with Crippen molar-refractivity contribution in [3.8, 4) is 6.07 Å². The van der Waals surface area contributed by atoms with E-state index in [1.54, 1.807) is 0 Å². The molecule has 0 N–H and O–H groups in total. The third-order valence-corrected chi connectivity index (χ3v) is 3.21. The fourth-order valence-electron chi connectivity index (χ4n) is 2.20. The minimum atomic E-state index is 0.604. The summed E-state index contributed by atoms with van der Waals surface area (Å²) in [5.41, 5.74) is 3.97. The van der Waals surface area contributed by atoms with Crippen LogP contribution in [-0.2, 0) is 4.74 Å². The standard InChI is InChI=1S/C18H13NO/c19-13-15-8-6-14(7-9-15)12-18-17(10-11-20-18)16-4-2-1-3-5-16/h1-10,12H,11H2. The second-order valence-corrected chi connectivity index (χ2v) is 4.54. The second kappa shape index (κ2) is 5.46. The molecule has 20 heavy (non-hydrogen) atoms. The zero-order chi connectivity index (χ0) is 13.8. The van der Waals surface area contributed by atoms with Gasteiger partial charge >= 0.3 is 0 Å². The van der Waals surface area contributed by atoms with Crippen LogP contribution in [0.4, 0.5) is 0 Å². The van der Waals surface area contributed by atoms with Crippen LogP contribution in [0.1, 0.15) is 16.7 Å². The quantitative estimate of drug-likeness (QED) is 0.816. The number of ether oxygens (including phenoxy) is 1. The largest absolute Gasteiger partial charge is 0.489 e. The van der Waals surface area contributed by atoms with E-state index >= 15 is 0 Å². The summed E-state index contributed by atoms with van der Waals surface area (Å²) in [4.78, 5) is 0. The van der Waals surface area contributed by atoms with Crippen molar-refractivity contribution in [3.05, 3.63) is 83.1 Å². The van der Waals surface area contributed by atoms with Crippen molar-refractivity contribution in [1.82, 2.24) is 0 Å². The van der Waals surface area contributed by atoms with Gasteiger partial charge in [0.2, 0.25) is 0 Å². The molecule has 2 aromatic carbocycles. The molecule has 0 radical (unpaired) electrons. The van der Waals surface area contributed by atoms with Crippen LogP contribution >= 0.6 is 0 Å². The highest BCUT2D eigenvalue weighted by Crippen LogP contribution is 2.30. The number of rotatable bonds is 2. The first kappa shape index (κ1) is 12.3. The third-order valence-electron chi connectivity index (χ3n) is 3.21. The summed E-state index contributed by atoms with van der Waals surface area (Å²) in [5.74, 6) is 0.876. The summed E-state index contributed by atoms with van der Waals surface area (Å²) in [5, 5.41) is 8.80. The normalized spacial score (nSPS) is 15.6. The molecule has 3 rings (SSSR count). The molecule has 2 aromatic rings. The van der Waals surface area contributed by atoms with Crippen LogP contribution < -0.4 is 0 Å². The topological polar surface area (TPSA) is 33.0 Å². The molecular weight excluding hydrogens is 246 g/mol. The highest BCUT2D eigenvalue weighted by atomic mass is 16.5. The van der Waals surface area contributed by atoms with Gasteiger partial charge in [0.25, 0.3) is 0 Å². The Labute approximate surface area is 118 Å². The van der Waals surface area contributed by atoms with Gasteiger partial charge in [-0.2, -0.15) is 5.26 Å². The number of allylic oxidation sites excluding steroid dienone is 1. The highest BCUT2D eigenvalue weighted by molar-refractivity contribution is 5.84. The van der Waals surface area contributed by atoms with Crippen molar-refractivity contribution < 1.29 is 4.74 Å². The Morgan fingerprint density at radius 2 is 1.75 bits per heavy atom. The van der Waals surface area contributed by atoms with Gasteiger partial charge in [0, 0.05) is 5.57 Å². The van der Waals surface area contributed by atoms with E-state index in [-0.39, 0.29) is 0 Å². The van der Waals surface area contributed by atoms with Crippen LogP contribution in [0, 0.1) is 11.3 Å². The van der Waals surface area contributed by atoms with Crippen molar-refractivity contribution in [2.45, 2.75) is 0 Å². The molecule has 0 atom stereocenters. The second-order valence-electron chi connectivity index (χ2n) is 4.54. The van der Waals surface area contributed by atoms with Crippen LogP contribution in [0.25, 0.3) is 11.6 Å². The Hall–Kier alpha value is -2.79. The van der Waals surface area contributed by atoms with E-state index in [2.05, 4.69) is 24.3 Å². The van der Waals surface area contributed by atoms with Gasteiger partial charge in [0.15, 0.2) is 0 Å². The van der Waals surface area contributed by atoms with Gasteiger partial charge in [-0.3, -0.25) is 0 Å². The summed E-state index contributed by atoms with van der Waals surface area (Å²) in [7, 11) is 0. The molecule has 0 bridgehead atoms. The number of benzene rings is 2. The van der Waals surface area contributed by atoms with Gasteiger partial charge < -0.3 is 4.74 Å². The highest BCUT2D eigenvalue weighted by Gasteiger charge is 2.14. The van der Waals surface area contributed by atoms with E-state index < -0.39 is 0 Å². The first-order valence-electron chi connectivity index (χ1n) is 6.47. The van der Waals surface area contributed by atoms with Gasteiger partial charge in [-0.1, -0.05) is 42.5 Å². The Bertz CT molecular complexity index is 703. The van der Waals surface area contributed by atoms with Crippen LogP contribution in [0.5, 0.6) is 0 Å². The zero-order valence-corrected chi connectivity index (χ0v) is 10.9. The smallest absolute Gasteiger partial charge is 0.128 e. The van der Waals surface area contributed by atoms with Crippen LogP contribution in [-0.4, -0.2) is 6.61 Å². The lowest BCUT2D eigenvalue weighted by Gasteiger charge is -2.06. The SMILES string of the molecule is N#Cc1ccc(C=C2OCC=C2c2ccccc2)cc1. The predicted octanol–water partition coefficient (Wildman–Crippen LogP) is 4.01. The Morgan fingerprint density at radius 3 is 2.45 bits per heavy atom. The van der Waals surface area contributed by atoms with E-state index in [0.717, 1.165) is 22.5 Å². The fourth-order valence-corrected chi connectivity index (χ4v) is 2.20. The lowest BCUT2D eigenvalue weighted by Crippen LogP contribution is -1.87. The Balaban J connectivity index is 1.91. The number of hydrogen-bond acceptors (Lipinski definition) is 2. The summed E-state index contributed by atoms with van der Waals surface area (Å²) in [6, 6.07) is 19.8. The number of hydrogen-bond donors (Lipinski definition) is 0. The van der Waals surface area contributed by atoms with Gasteiger partial charge in [0.05, 0.1) is 11.6 Å². The Kier molecular flexibility index (Phi) is 3.34. The monoisotopic (exact) mass is 259 g/mol. The maximum absolute atomic E-state index is 8.80. The summed E-state index contributed by atoms with van der Waals surface area (Å²) in [6.45, 7) is 0.604.